The number of halogens is 1. The van der Waals surface area contributed by atoms with E-state index in [9.17, 15) is 9.59 Å². The third-order valence-electron chi connectivity index (χ3n) is 7.41. The zero-order valence-corrected chi connectivity index (χ0v) is 24.3. The number of ether oxygens (including phenoxy) is 2. The summed E-state index contributed by atoms with van der Waals surface area (Å²) in [5.74, 6) is -1.22. The standard InChI is InChI=1S/C31H40ClN5O4/c1-23(33)29(38)20-26(19-28-21-34-22-35-28)31(39)41-18-17-40-16-15-36-11-13-37(14-12-36)30(24-5-3-2-4-6-24)25-7-9-27(32)10-8-25/h2-10,21-23,26,30H,11-20,33H2,1H3,(H,34,35). The van der Waals surface area contributed by atoms with Gasteiger partial charge < -0.3 is 20.2 Å². The number of ketones is 1. The van der Waals surface area contributed by atoms with E-state index in [1.54, 1.807) is 19.4 Å². The van der Waals surface area contributed by atoms with Gasteiger partial charge in [0.05, 0.1) is 37.5 Å². The molecule has 0 saturated carbocycles. The zero-order valence-electron chi connectivity index (χ0n) is 23.6. The van der Waals surface area contributed by atoms with Gasteiger partial charge in [-0.05, 0) is 30.2 Å². The van der Waals surface area contributed by atoms with E-state index >= 15 is 0 Å². The minimum atomic E-state index is -0.626. The summed E-state index contributed by atoms with van der Waals surface area (Å²) in [6.07, 6.45) is 3.55. The molecule has 41 heavy (non-hydrogen) atoms. The number of nitrogens with one attached hydrogen (secondary N) is 1. The lowest BCUT2D eigenvalue weighted by molar-refractivity contribution is -0.151. The maximum Gasteiger partial charge on any atom is 0.309 e. The zero-order chi connectivity index (χ0) is 29.0. The summed E-state index contributed by atoms with van der Waals surface area (Å²) < 4.78 is 11.2. The number of esters is 1. The van der Waals surface area contributed by atoms with E-state index in [1.165, 1.54) is 11.1 Å². The van der Waals surface area contributed by atoms with Crippen molar-refractivity contribution < 1.29 is 19.1 Å². The van der Waals surface area contributed by atoms with E-state index < -0.39 is 17.9 Å². The Kier molecular flexibility index (Phi) is 11.9. The molecule has 3 atom stereocenters. The Morgan fingerprint density at radius 3 is 2.37 bits per heavy atom. The topological polar surface area (TPSA) is 114 Å². The number of hydrogen-bond donors (Lipinski definition) is 2. The third kappa shape index (κ3) is 9.48. The summed E-state index contributed by atoms with van der Waals surface area (Å²) in [5, 5.41) is 0.741. The Morgan fingerprint density at radius 2 is 1.71 bits per heavy atom. The highest BCUT2D eigenvalue weighted by atomic mass is 35.5. The van der Waals surface area contributed by atoms with Crippen molar-refractivity contribution in [1.29, 1.82) is 0 Å². The van der Waals surface area contributed by atoms with Gasteiger partial charge in [-0.15, -0.1) is 0 Å². The van der Waals surface area contributed by atoms with Crippen molar-refractivity contribution in [2.75, 3.05) is 52.5 Å². The van der Waals surface area contributed by atoms with Gasteiger partial charge in [0.25, 0.3) is 0 Å². The number of nitrogens with zero attached hydrogens (tertiary/aromatic N) is 3. The molecule has 4 rings (SSSR count). The Hall–Kier alpha value is -3.08. The molecule has 1 aliphatic rings. The van der Waals surface area contributed by atoms with Crippen LogP contribution in [-0.4, -0.2) is 90.1 Å². The number of imidazole rings is 1. The SMILES string of the molecule is CC(N)C(=O)CC(Cc1cnc[nH]1)C(=O)OCCOCCN1CCN(C(c2ccccc2)c2ccc(Cl)cc2)CC1. The van der Waals surface area contributed by atoms with Gasteiger partial charge in [-0.2, -0.15) is 0 Å². The number of carbonyl (C=O) groups is 2. The molecule has 2 aromatic carbocycles. The molecular weight excluding hydrogens is 542 g/mol. The predicted octanol–water partition coefficient (Wildman–Crippen LogP) is 3.50. The Labute approximate surface area is 247 Å². The van der Waals surface area contributed by atoms with E-state index in [0.717, 1.165) is 43.4 Å². The van der Waals surface area contributed by atoms with Gasteiger partial charge in [0.15, 0.2) is 0 Å². The van der Waals surface area contributed by atoms with Crippen LogP contribution < -0.4 is 5.73 Å². The highest BCUT2D eigenvalue weighted by Gasteiger charge is 2.27. The van der Waals surface area contributed by atoms with Gasteiger partial charge in [-0.1, -0.05) is 54.1 Å². The summed E-state index contributed by atoms with van der Waals surface area (Å²) >= 11 is 6.15. The minimum Gasteiger partial charge on any atom is -0.463 e. The third-order valence-corrected chi connectivity index (χ3v) is 7.66. The van der Waals surface area contributed by atoms with Crippen LogP contribution in [0.3, 0.4) is 0 Å². The van der Waals surface area contributed by atoms with Crippen LogP contribution in [0.15, 0.2) is 67.1 Å². The van der Waals surface area contributed by atoms with Crippen molar-refractivity contribution in [2.45, 2.75) is 31.8 Å². The van der Waals surface area contributed by atoms with Crippen molar-refractivity contribution in [3.05, 3.63) is 89.0 Å². The molecule has 1 aliphatic heterocycles. The average Bonchev–Trinajstić information content (AvgIpc) is 3.50. The largest absolute Gasteiger partial charge is 0.463 e. The first kappa shape index (κ1) is 30.9. The summed E-state index contributed by atoms with van der Waals surface area (Å²) in [7, 11) is 0. The lowest BCUT2D eigenvalue weighted by atomic mass is 9.95. The van der Waals surface area contributed by atoms with Gasteiger partial charge in [0.2, 0.25) is 0 Å². The number of carbonyl (C=O) groups excluding carboxylic acids is 2. The van der Waals surface area contributed by atoms with Crippen molar-refractivity contribution in [3.8, 4) is 0 Å². The average molecular weight is 582 g/mol. The second-order valence-electron chi connectivity index (χ2n) is 10.5. The molecule has 1 saturated heterocycles. The highest BCUT2D eigenvalue weighted by molar-refractivity contribution is 6.30. The smallest absolute Gasteiger partial charge is 0.309 e. The lowest BCUT2D eigenvalue weighted by Crippen LogP contribution is -2.48. The molecule has 10 heteroatoms. The summed E-state index contributed by atoms with van der Waals surface area (Å²) in [6.45, 7) is 7.19. The Bertz CT molecular complexity index is 1200. The second-order valence-corrected chi connectivity index (χ2v) is 10.9. The summed E-state index contributed by atoms with van der Waals surface area (Å²) in [5.41, 5.74) is 8.98. The van der Waals surface area contributed by atoms with Crippen LogP contribution >= 0.6 is 11.6 Å². The number of H-pyrrole nitrogens is 1. The molecule has 0 aliphatic carbocycles. The van der Waals surface area contributed by atoms with Crippen molar-refractivity contribution in [3.63, 3.8) is 0 Å². The van der Waals surface area contributed by atoms with Crippen LogP contribution in [0.4, 0.5) is 0 Å². The number of rotatable bonds is 15. The van der Waals surface area contributed by atoms with Gasteiger partial charge in [-0.3, -0.25) is 19.4 Å². The van der Waals surface area contributed by atoms with Crippen LogP contribution in [0.1, 0.15) is 36.2 Å². The van der Waals surface area contributed by atoms with E-state index in [0.29, 0.717) is 19.6 Å². The fourth-order valence-corrected chi connectivity index (χ4v) is 5.21. The number of aromatic amines is 1. The van der Waals surface area contributed by atoms with Crippen molar-refractivity contribution >= 4 is 23.4 Å². The molecule has 220 valence electrons. The van der Waals surface area contributed by atoms with Gasteiger partial charge in [-0.25, -0.2) is 4.98 Å². The van der Waals surface area contributed by atoms with E-state index in [1.807, 2.05) is 18.2 Å². The molecule has 3 N–H and O–H groups in total. The van der Waals surface area contributed by atoms with Crippen LogP contribution in [0, 0.1) is 5.92 Å². The number of benzene rings is 2. The minimum absolute atomic E-state index is 0.0332. The number of hydrogen-bond acceptors (Lipinski definition) is 8. The van der Waals surface area contributed by atoms with Crippen LogP contribution in [0.2, 0.25) is 5.02 Å². The predicted molar refractivity (Wildman–Crippen MR) is 159 cm³/mol. The van der Waals surface area contributed by atoms with Crippen molar-refractivity contribution in [1.82, 2.24) is 19.8 Å². The number of piperazine rings is 1. The van der Waals surface area contributed by atoms with Crippen LogP contribution in [-0.2, 0) is 25.5 Å². The maximum absolute atomic E-state index is 12.7. The fraction of sp³-hybridized carbons (Fsp3) is 0.452. The van der Waals surface area contributed by atoms with E-state index in [4.69, 9.17) is 26.8 Å². The fourth-order valence-electron chi connectivity index (χ4n) is 5.08. The van der Waals surface area contributed by atoms with Crippen LogP contribution in [0.25, 0.3) is 0 Å². The first-order valence-corrected chi connectivity index (χ1v) is 14.5. The van der Waals surface area contributed by atoms with Gasteiger partial charge in [0.1, 0.15) is 12.4 Å². The molecule has 9 nitrogen and oxygen atoms in total. The first-order valence-electron chi connectivity index (χ1n) is 14.2. The Balaban J connectivity index is 1.18. The second kappa shape index (κ2) is 15.8. The molecule has 0 spiro atoms. The number of Topliss-reactive ketones (excluding diaryl/α,β-unsaturated/α-hetero) is 1. The van der Waals surface area contributed by atoms with E-state index in [-0.39, 0.29) is 24.9 Å². The first-order chi connectivity index (χ1) is 19.9. The molecule has 0 radical (unpaired) electrons. The van der Waals surface area contributed by atoms with Crippen LogP contribution in [0.5, 0.6) is 0 Å². The quantitative estimate of drug-likeness (QED) is 0.207. The van der Waals surface area contributed by atoms with Crippen molar-refractivity contribution in [2.24, 2.45) is 11.7 Å². The Morgan fingerprint density at radius 1 is 1.00 bits per heavy atom. The molecular formula is C31H40ClN5O4. The molecule has 3 unspecified atom stereocenters. The molecule has 0 amide bonds. The molecule has 1 fully saturated rings. The van der Waals surface area contributed by atoms with Gasteiger partial charge >= 0.3 is 5.97 Å². The maximum atomic E-state index is 12.7. The van der Waals surface area contributed by atoms with E-state index in [2.05, 4.69) is 56.2 Å². The lowest BCUT2D eigenvalue weighted by Gasteiger charge is -2.39. The molecule has 1 aromatic heterocycles. The summed E-state index contributed by atoms with van der Waals surface area (Å²) in [6, 6.07) is 18.3. The normalized spacial score (nSPS) is 16.7. The monoisotopic (exact) mass is 581 g/mol. The molecule has 3 aromatic rings. The highest BCUT2D eigenvalue weighted by Crippen LogP contribution is 2.30. The van der Waals surface area contributed by atoms with Gasteiger partial charge in [0, 0.05) is 62.5 Å². The number of aromatic nitrogens is 2. The number of nitrogens with two attached hydrogens (primary N) is 1. The summed E-state index contributed by atoms with van der Waals surface area (Å²) in [4.78, 5) is 36.7. The molecule has 0 bridgehead atoms. The molecule has 2 heterocycles.